The standard InChI is InChI=1S/C18H24FNO4S/c1-13(2)20(3)25(22,23)15-9-10-17(19)16(11-15)18(21)24-12-14-7-5-4-6-8-14/h4-5,9-11,13-14H,6-8,12H2,1-3H3. The summed E-state index contributed by atoms with van der Waals surface area (Å²) in [6.45, 7) is 3.66. The van der Waals surface area contributed by atoms with Crippen LogP contribution in [0.2, 0.25) is 0 Å². The maximum absolute atomic E-state index is 14.0. The molecule has 0 saturated carbocycles. The van der Waals surface area contributed by atoms with E-state index in [4.69, 9.17) is 4.74 Å². The first-order chi connectivity index (χ1) is 11.7. The molecule has 0 amide bonds. The van der Waals surface area contributed by atoms with Gasteiger partial charge in [-0.1, -0.05) is 12.2 Å². The van der Waals surface area contributed by atoms with Crippen molar-refractivity contribution in [3.05, 3.63) is 41.7 Å². The van der Waals surface area contributed by atoms with Crippen LogP contribution in [0.15, 0.2) is 35.2 Å². The normalized spacial score (nSPS) is 17.9. The molecule has 1 aromatic carbocycles. The number of hydrogen-bond acceptors (Lipinski definition) is 4. The van der Waals surface area contributed by atoms with Crippen LogP contribution >= 0.6 is 0 Å². The summed E-state index contributed by atoms with van der Waals surface area (Å²) in [7, 11) is -2.35. The van der Waals surface area contributed by atoms with Gasteiger partial charge < -0.3 is 4.74 Å². The molecule has 0 radical (unpaired) electrons. The van der Waals surface area contributed by atoms with Crippen LogP contribution in [0.4, 0.5) is 4.39 Å². The fraction of sp³-hybridized carbons (Fsp3) is 0.500. The minimum atomic E-state index is -3.80. The molecule has 1 unspecified atom stereocenters. The van der Waals surface area contributed by atoms with Crippen LogP contribution in [0.3, 0.4) is 0 Å². The maximum atomic E-state index is 14.0. The quantitative estimate of drug-likeness (QED) is 0.570. The summed E-state index contributed by atoms with van der Waals surface area (Å²) in [4.78, 5) is 12.1. The van der Waals surface area contributed by atoms with Gasteiger partial charge in [0, 0.05) is 13.1 Å². The van der Waals surface area contributed by atoms with Gasteiger partial charge in [0.1, 0.15) is 5.82 Å². The summed E-state index contributed by atoms with van der Waals surface area (Å²) in [6.07, 6.45) is 6.80. The molecule has 0 aromatic heterocycles. The molecule has 0 spiro atoms. The van der Waals surface area contributed by atoms with Crippen molar-refractivity contribution in [1.29, 1.82) is 0 Å². The number of carbonyl (C=O) groups excluding carboxylic acids is 1. The molecule has 0 saturated heterocycles. The molecule has 0 bridgehead atoms. The fourth-order valence-corrected chi connectivity index (χ4v) is 3.94. The summed E-state index contributed by atoms with van der Waals surface area (Å²) >= 11 is 0. The summed E-state index contributed by atoms with van der Waals surface area (Å²) < 4.78 is 45.4. The largest absolute Gasteiger partial charge is 0.462 e. The van der Waals surface area contributed by atoms with Crippen LogP contribution in [0.5, 0.6) is 0 Å². The Bertz CT molecular complexity index is 758. The zero-order valence-corrected chi connectivity index (χ0v) is 15.6. The average molecular weight is 369 g/mol. The molecule has 0 N–H and O–H groups in total. The van der Waals surface area contributed by atoms with Crippen molar-refractivity contribution >= 4 is 16.0 Å². The Labute approximate surface area is 148 Å². The van der Waals surface area contributed by atoms with Crippen molar-refractivity contribution in [2.24, 2.45) is 5.92 Å². The summed E-state index contributed by atoms with van der Waals surface area (Å²) in [5, 5.41) is 0. The van der Waals surface area contributed by atoms with Crippen LogP contribution in [0.25, 0.3) is 0 Å². The van der Waals surface area contributed by atoms with E-state index in [2.05, 4.69) is 6.08 Å². The van der Waals surface area contributed by atoms with Crippen molar-refractivity contribution in [3.8, 4) is 0 Å². The number of esters is 1. The lowest BCUT2D eigenvalue weighted by molar-refractivity contribution is 0.0426. The third-order valence-corrected chi connectivity index (χ3v) is 6.42. The second-order valence-electron chi connectivity index (χ2n) is 6.51. The summed E-state index contributed by atoms with van der Waals surface area (Å²) in [5.74, 6) is -1.41. The molecule has 0 aliphatic heterocycles. The molecule has 5 nitrogen and oxygen atoms in total. The molecule has 0 fully saturated rings. The smallest absolute Gasteiger partial charge is 0.341 e. The van der Waals surface area contributed by atoms with Gasteiger partial charge in [-0.15, -0.1) is 0 Å². The predicted octanol–water partition coefficient (Wildman–Crippen LogP) is 3.37. The number of rotatable bonds is 6. The van der Waals surface area contributed by atoms with E-state index in [1.165, 1.54) is 11.4 Å². The second-order valence-corrected chi connectivity index (χ2v) is 8.50. The van der Waals surface area contributed by atoms with Crippen molar-refractivity contribution in [2.45, 2.75) is 44.0 Å². The minimum Gasteiger partial charge on any atom is -0.462 e. The number of carbonyl (C=O) groups is 1. The van der Waals surface area contributed by atoms with Gasteiger partial charge in [0.05, 0.1) is 17.1 Å². The van der Waals surface area contributed by atoms with Crippen molar-refractivity contribution in [3.63, 3.8) is 0 Å². The highest BCUT2D eigenvalue weighted by atomic mass is 32.2. The number of hydrogen-bond donors (Lipinski definition) is 0. The zero-order chi connectivity index (χ0) is 18.6. The van der Waals surface area contributed by atoms with Crippen LogP contribution in [-0.4, -0.2) is 38.4 Å². The number of sulfonamides is 1. The molecule has 1 aliphatic rings. The highest BCUT2D eigenvalue weighted by Crippen LogP contribution is 2.22. The lowest BCUT2D eigenvalue weighted by Gasteiger charge is -2.21. The van der Waals surface area contributed by atoms with E-state index in [0.29, 0.717) is 0 Å². The first-order valence-corrected chi connectivity index (χ1v) is 9.77. The number of halogens is 1. The highest BCUT2D eigenvalue weighted by Gasteiger charge is 2.26. The SMILES string of the molecule is CC(C)N(C)S(=O)(=O)c1ccc(F)c(C(=O)OCC2CC=CCC2)c1. The Kier molecular flexibility index (Phi) is 6.35. The third-order valence-electron chi connectivity index (χ3n) is 4.39. The monoisotopic (exact) mass is 369 g/mol. The van der Waals surface area contributed by atoms with Gasteiger partial charge in [-0.25, -0.2) is 17.6 Å². The first kappa shape index (κ1) is 19.6. The van der Waals surface area contributed by atoms with E-state index < -0.39 is 21.8 Å². The van der Waals surface area contributed by atoms with E-state index in [0.717, 1.165) is 37.5 Å². The van der Waals surface area contributed by atoms with Crippen molar-refractivity contribution < 1.29 is 22.3 Å². The first-order valence-electron chi connectivity index (χ1n) is 8.33. The Balaban J connectivity index is 2.18. The van der Waals surface area contributed by atoms with E-state index in [1.807, 2.05) is 6.08 Å². The Morgan fingerprint density at radius 2 is 2.08 bits per heavy atom. The summed E-state index contributed by atoms with van der Waals surface area (Å²) in [5.41, 5.74) is -0.357. The van der Waals surface area contributed by atoms with Gasteiger partial charge in [0.25, 0.3) is 0 Å². The predicted molar refractivity (Wildman–Crippen MR) is 93.2 cm³/mol. The Hall–Kier alpha value is -1.73. The summed E-state index contributed by atoms with van der Waals surface area (Å²) in [6, 6.07) is 2.93. The number of allylic oxidation sites excluding steroid dienone is 2. The molecule has 7 heteroatoms. The van der Waals surface area contributed by atoms with Gasteiger partial charge >= 0.3 is 5.97 Å². The van der Waals surface area contributed by atoms with Crippen LogP contribution in [-0.2, 0) is 14.8 Å². The number of ether oxygens (including phenoxy) is 1. The molecule has 25 heavy (non-hydrogen) atoms. The van der Waals surface area contributed by atoms with Crippen molar-refractivity contribution in [1.82, 2.24) is 4.31 Å². The molecular formula is C18H24FNO4S. The van der Waals surface area contributed by atoms with Gasteiger partial charge in [0.15, 0.2) is 0 Å². The van der Waals surface area contributed by atoms with E-state index in [-0.39, 0.29) is 29.0 Å². The molecule has 1 aliphatic carbocycles. The molecule has 138 valence electrons. The minimum absolute atomic E-state index is 0.127. The molecule has 1 atom stereocenters. The lowest BCUT2D eigenvalue weighted by Crippen LogP contribution is -2.33. The van der Waals surface area contributed by atoms with Gasteiger partial charge in [0.2, 0.25) is 10.0 Å². The van der Waals surface area contributed by atoms with E-state index in [9.17, 15) is 17.6 Å². The van der Waals surface area contributed by atoms with Crippen LogP contribution < -0.4 is 0 Å². The Morgan fingerprint density at radius 1 is 1.36 bits per heavy atom. The number of benzene rings is 1. The van der Waals surface area contributed by atoms with Gasteiger partial charge in [-0.3, -0.25) is 0 Å². The second kappa shape index (κ2) is 8.10. The highest BCUT2D eigenvalue weighted by molar-refractivity contribution is 7.89. The average Bonchev–Trinajstić information content (AvgIpc) is 2.60. The van der Waals surface area contributed by atoms with Crippen LogP contribution in [0, 0.1) is 11.7 Å². The van der Waals surface area contributed by atoms with Crippen LogP contribution in [0.1, 0.15) is 43.5 Å². The topological polar surface area (TPSA) is 63.7 Å². The molecule has 0 heterocycles. The van der Waals surface area contributed by atoms with E-state index >= 15 is 0 Å². The third kappa shape index (κ3) is 4.67. The van der Waals surface area contributed by atoms with Gasteiger partial charge in [-0.2, -0.15) is 4.31 Å². The lowest BCUT2D eigenvalue weighted by atomic mass is 9.95. The van der Waals surface area contributed by atoms with E-state index in [1.54, 1.807) is 13.8 Å². The zero-order valence-electron chi connectivity index (χ0n) is 14.7. The maximum Gasteiger partial charge on any atom is 0.341 e. The molecule has 1 aromatic rings. The number of nitrogens with zero attached hydrogens (tertiary/aromatic N) is 1. The molecule has 2 rings (SSSR count). The van der Waals surface area contributed by atoms with Gasteiger partial charge in [-0.05, 0) is 57.2 Å². The Morgan fingerprint density at radius 3 is 2.68 bits per heavy atom. The molecular weight excluding hydrogens is 345 g/mol. The van der Waals surface area contributed by atoms with Crippen molar-refractivity contribution in [2.75, 3.05) is 13.7 Å². The fourth-order valence-electron chi connectivity index (χ4n) is 2.54.